The van der Waals surface area contributed by atoms with E-state index in [9.17, 15) is 14.4 Å². The molecule has 0 saturated heterocycles. The number of esters is 1. The third-order valence-corrected chi connectivity index (χ3v) is 4.68. The van der Waals surface area contributed by atoms with Crippen molar-refractivity contribution in [1.29, 1.82) is 0 Å². The molecule has 1 N–H and O–H groups in total. The van der Waals surface area contributed by atoms with Crippen LogP contribution >= 0.6 is 0 Å². The lowest BCUT2D eigenvalue weighted by Crippen LogP contribution is -2.23. The van der Waals surface area contributed by atoms with Crippen LogP contribution in [0.4, 0.5) is 5.69 Å². The number of hydrogen-bond donors (Lipinski definition) is 1. The number of carbonyl (C=O) groups excluding carboxylic acids is 2. The highest BCUT2D eigenvalue weighted by Gasteiger charge is 2.14. The fourth-order valence-corrected chi connectivity index (χ4v) is 3.07. The number of ether oxygens (including phenoxy) is 1. The Balaban J connectivity index is 1.61. The molecular formula is C24H25N3O4. The molecule has 0 unspecified atom stereocenters. The van der Waals surface area contributed by atoms with Gasteiger partial charge in [0, 0.05) is 24.6 Å². The highest BCUT2D eigenvalue weighted by Crippen LogP contribution is 2.17. The Morgan fingerprint density at radius 3 is 2.52 bits per heavy atom. The molecule has 0 bridgehead atoms. The zero-order chi connectivity index (χ0) is 22.2. The van der Waals surface area contributed by atoms with Gasteiger partial charge in [-0.15, -0.1) is 0 Å². The van der Waals surface area contributed by atoms with Crippen LogP contribution in [-0.2, 0) is 16.1 Å². The number of aryl methyl sites for hydroxylation is 2. The molecule has 2 aromatic carbocycles. The number of amides is 1. The normalized spacial score (nSPS) is 10.5. The summed E-state index contributed by atoms with van der Waals surface area (Å²) in [7, 11) is 0. The van der Waals surface area contributed by atoms with Crippen LogP contribution in [-0.4, -0.2) is 28.3 Å². The lowest BCUT2D eigenvalue weighted by atomic mass is 10.1. The van der Waals surface area contributed by atoms with Gasteiger partial charge >= 0.3 is 5.97 Å². The van der Waals surface area contributed by atoms with Crippen molar-refractivity contribution < 1.29 is 14.3 Å². The second-order valence-electron chi connectivity index (χ2n) is 7.06. The standard InChI is InChI=1S/C24H25N3O4/c1-3-31-24(30)19-7-4-5-8-21(19)25-22(28)9-6-16-27-23(29)15-14-20(26-27)18-12-10-17(2)11-13-18/h4-5,7-8,10-15H,3,6,9,16H2,1-2H3,(H,25,28). The predicted molar refractivity (Wildman–Crippen MR) is 119 cm³/mol. The molecular weight excluding hydrogens is 394 g/mol. The monoisotopic (exact) mass is 419 g/mol. The molecule has 3 aromatic rings. The number of carbonyl (C=O) groups is 2. The number of hydrogen-bond acceptors (Lipinski definition) is 5. The Morgan fingerprint density at radius 2 is 1.77 bits per heavy atom. The first-order valence-corrected chi connectivity index (χ1v) is 10.2. The van der Waals surface area contributed by atoms with Gasteiger partial charge in [-0.3, -0.25) is 9.59 Å². The van der Waals surface area contributed by atoms with Gasteiger partial charge in [0.05, 0.1) is 23.6 Å². The zero-order valence-electron chi connectivity index (χ0n) is 17.6. The van der Waals surface area contributed by atoms with Crippen molar-refractivity contribution in [1.82, 2.24) is 9.78 Å². The maximum Gasteiger partial charge on any atom is 0.340 e. The summed E-state index contributed by atoms with van der Waals surface area (Å²) >= 11 is 0. The number of anilines is 1. The first-order valence-electron chi connectivity index (χ1n) is 10.2. The lowest BCUT2D eigenvalue weighted by Gasteiger charge is -2.11. The topological polar surface area (TPSA) is 90.3 Å². The summed E-state index contributed by atoms with van der Waals surface area (Å²) in [5.41, 5.74) is 3.26. The highest BCUT2D eigenvalue weighted by molar-refractivity contribution is 6.01. The Labute approximate surface area is 180 Å². The zero-order valence-corrected chi connectivity index (χ0v) is 17.6. The van der Waals surface area contributed by atoms with E-state index in [0.717, 1.165) is 11.1 Å². The fraction of sp³-hybridized carbons (Fsp3) is 0.250. The average Bonchev–Trinajstić information content (AvgIpc) is 2.76. The third-order valence-electron chi connectivity index (χ3n) is 4.68. The minimum absolute atomic E-state index is 0.181. The maximum absolute atomic E-state index is 12.4. The van der Waals surface area contributed by atoms with E-state index in [1.165, 1.54) is 10.7 Å². The van der Waals surface area contributed by atoms with Crippen LogP contribution in [0.1, 0.15) is 35.7 Å². The van der Waals surface area contributed by atoms with E-state index < -0.39 is 5.97 Å². The second kappa shape index (κ2) is 10.3. The third kappa shape index (κ3) is 5.88. The Morgan fingerprint density at radius 1 is 1.03 bits per heavy atom. The number of benzene rings is 2. The minimum Gasteiger partial charge on any atom is -0.462 e. The summed E-state index contributed by atoms with van der Waals surface area (Å²) in [6, 6.07) is 17.8. The summed E-state index contributed by atoms with van der Waals surface area (Å²) in [4.78, 5) is 36.6. The molecule has 160 valence electrons. The molecule has 0 aliphatic rings. The molecule has 0 fully saturated rings. The predicted octanol–water partition coefficient (Wildman–Crippen LogP) is 3.81. The van der Waals surface area contributed by atoms with Crippen LogP contribution in [0.25, 0.3) is 11.3 Å². The summed E-state index contributed by atoms with van der Waals surface area (Å²) < 4.78 is 6.39. The molecule has 0 aliphatic heterocycles. The molecule has 3 rings (SSSR count). The van der Waals surface area contributed by atoms with Crippen molar-refractivity contribution in [3.05, 3.63) is 82.1 Å². The Kier molecular flexibility index (Phi) is 7.32. The van der Waals surface area contributed by atoms with Crippen LogP contribution in [0.3, 0.4) is 0 Å². The molecule has 0 aliphatic carbocycles. The number of para-hydroxylation sites is 1. The molecule has 31 heavy (non-hydrogen) atoms. The van der Waals surface area contributed by atoms with E-state index >= 15 is 0 Å². The van der Waals surface area contributed by atoms with Crippen molar-refractivity contribution in [3.8, 4) is 11.3 Å². The summed E-state index contributed by atoms with van der Waals surface area (Å²) in [5, 5.41) is 7.17. The van der Waals surface area contributed by atoms with E-state index in [1.54, 1.807) is 37.3 Å². The second-order valence-corrected chi connectivity index (χ2v) is 7.06. The molecule has 1 aromatic heterocycles. The molecule has 0 saturated carbocycles. The molecule has 7 heteroatoms. The van der Waals surface area contributed by atoms with E-state index in [0.29, 0.717) is 29.9 Å². The van der Waals surface area contributed by atoms with Gasteiger partial charge in [0.15, 0.2) is 0 Å². The quantitative estimate of drug-likeness (QED) is 0.561. The lowest BCUT2D eigenvalue weighted by molar-refractivity contribution is -0.116. The van der Waals surface area contributed by atoms with E-state index in [2.05, 4.69) is 10.4 Å². The van der Waals surface area contributed by atoms with Crippen molar-refractivity contribution >= 4 is 17.6 Å². The minimum atomic E-state index is -0.484. The Hall–Kier alpha value is -3.74. The molecule has 7 nitrogen and oxygen atoms in total. The van der Waals surface area contributed by atoms with Gasteiger partial charge in [0.25, 0.3) is 5.56 Å². The van der Waals surface area contributed by atoms with Gasteiger partial charge in [-0.1, -0.05) is 42.0 Å². The first-order chi connectivity index (χ1) is 15.0. The summed E-state index contributed by atoms with van der Waals surface area (Å²) in [6.07, 6.45) is 0.609. The number of nitrogens with zero attached hydrogens (tertiary/aromatic N) is 2. The van der Waals surface area contributed by atoms with Crippen LogP contribution < -0.4 is 10.9 Å². The molecule has 1 amide bonds. The number of rotatable bonds is 8. The maximum atomic E-state index is 12.4. The van der Waals surface area contributed by atoms with Crippen molar-refractivity contribution in [3.63, 3.8) is 0 Å². The molecule has 0 radical (unpaired) electrons. The van der Waals surface area contributed by atoms with Crippen molar-refractivity contribution in [2.75, 3.05) is 11.9 Å². The molecule has 0 spiro atoms. The number of nitrogens with one attached hydrogen (secondary N) is 1. The number of aromatic nitrogens is 2. The van der Waals surface area contributed by atoms with Gasteiger partial charge in [0.2, 0.25) is 5.91 Å². The van der Waals surface area contributed by atoms with Gasteiger partial charge in [0.1, 0.15) is 0 Å². The van der Waals surface area contributed by atoms with Crippen molar-refractivity contribution in [2.45, 2.75) is 33.2 Å². The summed E-state index contributed by atoms with van der Waals surface area (Å²) in [6.45, 7) is 4.30. The van der Waals surface area contributed by atoms with Gasteiger partial charge in [-0.25, -0.2) is 9.48 Å². The first kappa shape index (κ1) is 22.0. The van der Waals surface area contributed by atoms with Crippen LogP contribution in [0.15, 0.2) is 65.5 Å². The molecule has 1 heterocycles. The van der Waals surface area contributed by atoms with Crippen LogP contribution in [0.2, 0.25) is 0 Å². The van der Waals surface area contributed by atoms with E-state index in [-0.39, 0.29) is 24.5 Å². The summed E-state index contributed by atoms with van der Waals surface area (Å²) in [5.74, 6) is -0.735. The van der Waals surface area contributed by atoms with Gasteiger partial charge in [-0.2, -0.15) is 5.10 Å². The average molecular weight is 419 g/mol. The fourth-order valence-electron chi connectivity index (χ4n) is 3.07. The molecule has 0 atom stereocenters. The van der Waals surface area contributed by atoms with Gasteiger partial charge < -0.3 is 10.1 Å². The van der Waals surface area contributed by atoms with Crippen molar-refractivity contribution in [2.24, 2.45) is 0 Å². The largest absolute Gasteiger partial charge is 0.462 e. The van der Waals surface area contributed by atoms with Crippen LogP contribution in [0, 0.1) is 6.92 Å². The highest BCUT2D eigenvalue weighted by atomic mass is 16.5. The van der Waals surface area contributed by atoms with E-state index in [4.69, 9.17) is 4.74 Å². The van der Waals surface area contributed by atoms with Gasteiger partial charge in [-0.05, 0) is 38.5 Å². The van der Waals surface area contributed by atoms with E-state index in [1.807, 2.05) is 31.2 Å². The SMILES string of the molecule is CCOC(=O)c1ccccc1NC(=O)CCCn1nc(-c2ccc(C)cc2)ccc1=O. The Bertz CT molecular complexity index is 1120. The van der Waals surface area contributed by atoms with Crippen LogP contribution in [0.5, 0.6) is 0 Å². The smallest absolute Gasteiger partial charge is 0.340 e.